The van der Waals surface area contributed by atoms with Gasteiger partial charge in [0.25, 0.3) is 0 Å². The lowest BCUT2D eigenvalue weighted by molar-refractivity contribution is -0.118. The van der Waals surface area contributed by atoms with Crippen molar-refractivity contribution in [1.82, 2.24) is 10.2 Å². The number of likely N-dealkylation sites (N-methyl/N-ethyl adjacent to an activating group) is 1. The number of methoxy groups -OCH3 is 1. The van der Waals surface area contributed by atoms with Crippen LogP contribution in [0.4, 0.5) is 0 Å². The number of ether oxygens (including phenoxy) is 1. The van der Waals surface area contributed by atoms with Gasteiger partial charge in [-0.25, -0.2) is 0 Å². The standard InChI is InChI=1S/C13H20N2O2S/c1-15(2)12(8-14-13(16)9-18)10-5-4-6-11(7-10)17-3/h4-7,12,18H,8-9H2,1-3H3,(H,14,16). The Balaban J connectivity index is 2.80. The summed E-state index contributed by atoms with van der Waals surface area (Å²) in [6, 6.07) is 7.98. The monoisotopic (exact) mass is 268 g/mol. The molecule has 0 aliphatic carbocycles. The minimum absolute atomic E-state index is 0.0620. The Kier molecular flexibility index (Phi) is 6.01. The van der Waals surface area contributed by atoms with Crippen molar-refractivity contribution in [2.45, 2.75) is 6.04 Å². The van der Waals surface area contributed by atoms with Gasteiger partial charge in [-0.2, -0.15) is 12.6 Å². The maximum atomic E-state index is 11.3. The molecule has 0 radical (unpaired) electrons. The van der Waals surface area contributed by atoms with Gasteiger partial charge < -0.3 is 15.0 Å². The molecule has 0 aliphatic rings. The van der Waals surface area contributed by atoms with Crippen molar-refractivity contribution in [3.8, 4) is 5.75 Å². The zero-order chi connectivity index (χ0) is 13.5. The topological polar surface area (TPSA) is 41.6 Å². The summed E-state index contributed by atoms with van der Waals surface area (Å²) in [6.07, 6.45) is 0. The number of nitrogens with zero attached hydrogens (tertiary/aromatic N) is 1. The first-order chi connectivity index (χ1) is 8.58. The lowest BCUT2D eigenvalue weighted by atomic mass is 10.1. The molecule has 4 nitrogen and oxygen atoms in total. The molecule has 0 bridgehead atoms. The van der Waals surface area contributed by atoms with Gasteiger partial charge in [-0.15, -0.1) is 0 Å². The highest BCUT2D eigenvalue weighted by Gasteiger charge is 2.15. The normalized spacial score (nSPS) is 12.3. The Morgan fingerprint density at radius 3 is 2.78 bits per heavy atom. The van der Waals surface area contributed by atoms with E-state index in [1.807, 2.05) is 38.4 Å². The highest BCUT2D eigenvalue weighted by Crippen LogP contribution is 2.21. The first kappa shape index (κ1) is 14.9. The number of rotatable bonds is 6. The maximum absolute atomic E-state index is 11.3. The van der Waals surface area contributed by atoms with Gasteiger partial charge in [0.1, 0.15) is 5.75 Å². The second-order valence-electron chi connectivity index (χ2n) is 4.22. The quantitative estimate of drug-likeness (QED) is 0.765. The van der Waals surface area contributed by atoms with Crippen LogP contribution in [-0.4, -0.2) is 44.3 Å². The van der Waals surface area contributed by atoms with E-state index in [4.69, 9.17) is 4.74 Å². The van der Waals surface area contributed by atoms with E-state index < -0.39 is 0 Å². The van der Waals surface area contributed by atoms with E-state index in [9.17, 15) is 4.79 Å². The van der Waals surface area contributed by atoms with Crippen LogP contribution in [0, 0.1) is 0 Å². The van der Waals surface area contributed by atoms with Crippen molar-refractivity contribution in [1.29, 1.82) is 0 Å². The second-order valence-corrected chi connectivity index (χ2v) is 4.53. The Hall–Kier alpha value is -1.20. The predicted molar refractivity (Wildman–Crippen MR) is 76.3 cm³/mol. The van der Waals surface area contributed by atoms with E-state index in [1.165, 1.54) is 0 Å². The highest BCUT2D eigenvalue weighted by atomic mass is 32.1. The molecule has 18 heavy (non-hydrogen) atoms. The van der Waals surface area contributed by atoms with Crippen LogP contribution in [0.3, 0.4) is 0 Å². The molecule has 5 heteroatoms. The molecule has 1 rings (SSSR count). The maximum Gasteiger partial charge on any atom is 0.229 e. The fourth-order valence-electron chi connectivity index (χ4n) is 1.71. The van der Waals surface area contributed by atoms with Crippen LogP contribution < -0.4 is 10.1 Å². The molecule has 0 saturated carbocycles. The zero-order valence-corrected chi connectivity index (χ0v) is 11.9. The molecule has 0 fully saturated rings. The van der Waals surface area contributed by atoms with Crippen LogP contribution in [0.2, 0.25) is 0 Å². The van der Waals surface area contributed by atoms with Crippen molar-refractivity contribution in [2.24, 2.45) is 0 Å². The average Bonchev–Trinajstić information content (AvgIpc) is 2.38. The van der Waals surface area contributed by atoms with E-state index in [-0.39, 0.29) is 17.7 Å². The Labute approximate surface area is 114 Å². The average molecular weight is 268 g/mol. The molecule has 0 aliphatic heterocycles. The lowest BCUT2D eigenvalue weighted by Gasteiger charge is -2.25. The van der Waals surface area contributed by atoms with Crippen LogP contribution in [0.25, 0.3) is 0 Å². The number of carbonyl (C=O) groups excluding carboxylic acids is 1. The van der Waals surface area contributed by atoms with E-state index in [2.05, 4.69) is 22.8 Å². The van der Waals surface area contributed by atoms with Gasteiger partial charge in [0.2, 0.25) is 5.91 Å². The fraction of sp³-hybridized carbons (Fsp3) is 0.462. The summed E-state index contributed by atoms with van der Waals surface area (Å²) >= 11 is 3.94. The van der Waals surface area contributed by atoms with Crippen molar-refractivity contribution in [2.75, 3.05) is 33.5 Å². The van der Waals surface area contributed by atoms with Crippen molar-refractivity contribution >= 4 is 18.5 Å². The summed E-state index contributed by atoms with van der Waals surface area (Å²) < 4.78 is 5.21. The molecule has 1 unspecified atom stereocenters. The van der Waals surface area contributed by atoms with Gasteiger partial charge in [-0.05, 0) is 31.8 Å². The molecule has 1 amide bonds. The lowest BCUT2D eigenvalue weighted by Crippen LogP contribution is -2.35. The van der Waals surface area contributed by atoms with Gasteiger partial charge in [0.15, 0.2) is 0 Å². The number of thiol groups is 1. The van der Waals surface area contributed by atoms with E-state index in [0.717, 1.165) is 11.3 Å². The number of hydrogen-bond donors (Lipinski definition) is 2. The second kappa shape index (κ2) is 7.28. The van der Waals surface area contributed by atoms with Gasteiger partial charge in [0, 0.05) is 6.54 Å². The first-order valence-corrected chi connectivity index (χ1v) is 6.39. The summed E-state index contributed by atoms with van der Waals surface area (Å²) in [7, 11) is 5.61. The molecule has 0 saturated heterocycles. The van der Waals surface area contributed by atoms with Gasteiger partial charge >= 0.3 is 0 Å². The molecule has 100 valence electrons. The molecular formula is C13H20N2O2S. The Morgan fingerprint density at radius 2 is 2.22 bits per heavy atom. The van der Waals surface area contributed by atoms with E-state index in [0.29, 0.717) is 6.54 Å². The third kappa shape index (κ3) is 4.23. The Bertz CT molecular complexity index is 396. The number of benzene rings is 1. The molecule has 1 aromatic rings. The largest absolute Gasteiger partial charge is 0.497 e. The van der Waals surface area contributed by atoms with Gasteiger partial charge in [-0.1, -0.05) is 12.1 Å². The predicted octanol–water partition coefficient (Wildman–Crippen LogP) is 1.34. The number of hydrogen-bond acceptors (Lipinski definition) is 4. The summed E-state index contributed by atoms with van der Waals surface area (Å²) in [5.41, 5.74) is 1.11. The van der Waals surface area contributed by atoms with Crippen LogP contribution in [0.15, 0.2) is 24.3 Å². The van der Waals surface area contributed by atoms with Crippen molar-refractivity contribution in [3.63, 3.8) is 0 Å². The smallest absolute Gasteiger partial charge is 0.229 e. The SMILES string of the molecule is COc1cccc(C(CNC(=O)CS)N(C)C)c1. The first-order valence-electron chi connectivity index (χ1n) is 5.76. The van der Waals surface area contributed by atoms with Crippen LogP contribution in [0.1, 0.15) is 11.6 Å². The zero-order valence-electron chi connectivity index (χ0n) is 11.0. The molecule has 1 aromatic carbocycles. The van der Waals surface area contributed by atoms with Gasteiger partial charge in [0.05, 0.1) is 18.9 Å². The van der Waals surface area contributed by atoms with E-state index in [1.54, 1.807) is 7.11 Å². The minimum atomic E-state index is -0.0620. The summed E-state index contributed by atoms with van der Waals surface area (Å²) in [4.78, 5) is 13.3. The third-order valence-electron chi connectivity index (χ3n) is 2.74. The Morgan fingerprint density at radius 1 is 1.50 bits per heavy atom. The number of nitrogens with one attached hydrogen (secondary N) is 1. The molecule has 1 atom stereocenters. The molecule has 0 heterocycles. The highest BCUT2D eigenvalue weighted by molar-refractivity contribution is 7.81. The minimum Gasteiger partial charge on any atom is -0.497 e. The van der Waals surface area contributed by atoms with Crippen molar-refractivity contribution < 1.29 is 9.53 Å². The summed E-state index contributed by atoms with van der Waals surface area (Å²) in [5.74, 6) is 0.964. The van der Waals surface area contributed by atoms with Crippen molar-refractivity contribution in [3.05, 3.63) is 29.8 Å². The van der Waals surface area contributed by atoms with Gasteiger partial charge in [-0.3, -0.25) is 4.79 Å². The van der Waals surface area contributed by atoms with Crippen LogP contribution in [0.5, 0.6) is 5.75 Å². The summed E-state index contributed by atoms with van der Waals surface area (Å²) in [5, 5.41) is 2.85. The molecule has 1 N–H and O–H groups in total. The molecular weight excluding hydrogens is 248 g/mol. The van der Waals surface area contributed by atoms with Crippen LogP contribution in [-0.2, 0) is 4.79 Å². The number of carbonyl (C=O) groups is 1. The molecule has 0 aromatic heterocycles. The third-order valence-corrected chi connectivity index (χ3v) is 3.03. The summed E-state index contributed by atoms with van der Waals surface area (Å²) in [6.45, 7) is 0.555. The fourth-order valence-corrected chi connectivity index (χ4v) is 1.83. The number of amides is 1. The van der Waals surface area contributed by atoms with E-state index >= 15 is 0 Å². The van der Waals surface area contributed by atoms with Crippen LogP contribution >= 0.6 is 12.6 Å². The molecule has 0 spiro atoms.